The number of hydrogen-bond acceptors (Lipinski definition) is 6. The molecule has 1 atom stereocenters. The number of sulfonamides is 1. The molecule has 12 heteroatoms. The molecule has 2 aromatic rings. The molecule has 0 fully saturated rings. The van der Waals surface area contributed by atoms with E-state index in [1.807, 2.05) is 13.8 Å². The van der Waals surface area contributed by atoms with Gasteiger partial charge in [0.2, 0.25) is 0 Å². The lowest BCUT2D eigenvalue weighted by Gasteiger charge is -2.19. The molecule has 4 amide bonds. The van der Waals surface area contributed by atoms with Crippen LogP contribution in [-0.2, 0) is 14.8 Å². The summed E-state index contributed by atoms with van der Waals surface area (Å²) >= 11 is 0. The number of para-hydroxylation sites is 2. The summed E-state index contributed by atoms with van der Waals surface area (Å²) in [6, 6.07) is 9.92. The molecule has 0 spiro atoms. The molecule has 33 heavy (non-hydrogen) atoms. The maximum atomic E-state index is 12.8. The van der Waals surface area contributed by atoms with Crippen molar-refractivity contribution in [3.63, 3.8) is 0 Å². The van der Waals surface area contributed by atoms with Crippen LogP contribution in [-0.4, -0.2) is 39.4 Å². The van der Waals surface area contributed by atoms with Gasteiger partial charge in [-0.3, -0.25) is 25.2 Å². The first-order valence-electron chi connectivity index (χ1n) is 9.95. The van der Waals surface area contributed by atoms with Crippen LogP contribution in [0.1, 0.15) is 30.6 Å². The number of rotatable bonds is 9. The fourth-order valence-corrected chi connectivity index (χ4v) is 4.01. The summed E-state index contributed by atoms with van der Waals surface area (Å²) in [7, 11) is -2.62. The van der Waals surface area contributed by atoms with Crippen LogP contribution < -0.4 is 31.4 Å². The van der Waals surface area contributed by atoms with E-state index in [9.17, 15) is 22.8 Å². The molecule has 0 aliphatic rings. The van der Waals surface area contributed by atoms with E-state index in [2.05, 4.69) is 20.9 Å². The average Bonchev–Trinajstić information content (AvgIpc) is 2.76. The molecule has 0 aromatic heterocycles. The Morgan fingerprint density at radius 2 is 1.73 bits per heavy atom. The van der Waals surface area contributed by atoms with Gasteiger partial charge in [0.1, 0.15) is 11.8 Å². The molecule has 0 heterocycles. The average molecular weight is 478 g/mol. The monoisotopic (exact) mass is 477 g/mol. The molecule has 178 valence electrons. The first-order valence-corrected chi connectivity index (χ1v) is 11.4. The third kappa shape index (κ3) is 7.38. The number of benzene rings is 2. The molecule has 0 aliphatic carbocycles. The largest absolute Gasteiger partial charge is 0.495 e. The maximum Gasteiger partial charge on any atom is 0.312 e. The van der Waals surface area contributed by atoms with Crippen molar-refractivity contribution in [2.24, 2.45) is 11.7 Å². The lowest BCUT2D eigenvalue weighted by Crippen LogP contribution is -2.53. The summed E-state index contributed by atoms with van der Waals surface area (Å²) in [4.78, 5) is 35.8. The summed E-state index contributed by atoms with van der Waals surface area (Å²) in [6.45, 7) is 3.71. The van der Waals surface area contributed by atoms with Crippen LogP contribution in [0.25, 0.3) is 0 Å². The van der Waals surface area contributed by atoms with Gasteiger partial charge in [0.25, 0.3) is 21.8 Å². The van der Waals surface area contributed by atoms with Gasteiger partial charge in [-0.1, -0.05) is 32.0 Å². The minimum Gasteiger partial charge on any atom is -0.495 e. The highest BCUT2D eigenvalue weighted by Gasteiger charge is 2.22. The van der Waals surface area contributed by atoms with Crippen LogP contribution in [0.4, 0.5) is 10.5 Å². The van der Waals surface area contributed by atoms with E-state index < -0.39 is 33.9 Å². The Balaban J connectivity index is 2.12. The quantitative estimate of drug-likeness (QED) is 0.341. The fraction of sp³-hybridized carbons (Fsp3) is 0.286. The van der Waals surface area contributed by atoms with Crippen molar-refractivity contribution in [2.45, 2.75) is 31.2 Å². The van der Waals surface area contributed by atoms with Crippen LogP contribution in [0.15, 0.2) is 53.4 Å². The molecule has 0 aliphatic heterocycles. The Bertz CT molecular complexity index is 1120. The van der Waals surface area contributed by atoms with E-state index in [1.54, 1.807) is 18.2 Å². The second-order valence-corrected chi connectivity index (χ2v) is 9.15. The number of amides is 4. The first-order chi connectivity index (χ1) is 15.5. The molecular weight excluding hydrogens is 450 g/mol. The zero-order valence-electron chi connectivity index (χ0n) is 18.4. The Hall–Kier alpha value is -3.80. The number of primary amides is 1. The highest BCUT2D eigenvalue weighted by molar-refractivity contribution is 7.92. The van der Waals surface area contributed by atoms with Crippen molar-refractivity contribution in [1.82, 2.24) is 16.2 Å². The predicted octanol–water partition coefficient (Wildman–Crippen LogP) is 1.34. The number of anilines is 1. The summed E-state index contributed by atoms with van der Waals surface area (Å²) in [5, 5.41) is 2.31. The summed E-state index contributed by atoms with van der Waals surface area (Å²) in [5.74, 6) is -1.02. The second-order valence-electron chi connectivity index (χ2n) is 7.47. The number of carbonyl (C=O) groups excluding carboxylic acids is 3. The Morgan fingerprint density at radius 3 is 2.36 bits per heavy atom. The van der Waals surface area contributed by atoms with Crippen molar-refractivity contribution in [2.75, 3.05) is 11.8 Å². The van der Waals surface area contributed by atoms with Gasteiger partial charge in [-0.2, -0.15) is 0 Å². The maximum absolute atomic E-state index is 12.8. The van der Waals surface area contributed by atoms with Crippen molar-refractivity contribution in [3.05, 3.63) is 54.1 Å². The van der Waals surface area contributed by atoms with E-state index >= 15 is 0 Å². The van der Waals surface area contributed by atoms with Gasteiger partial charge >= 0.3 is 6.03 Å². The molecule has 2 rings (SSSR count). The van der Waals surface area contributed by atoms with Crippen LogP contribution in [0.2, 0.25) is 0 Å². The standard InChI is InChI=1S/C21H27N5O6S/c1-13(2)11-17(23-21(22)29)20(28)25-24-19(27)14-7-6-8-15(12-14)33(30,31)26-16-9-4-5-10-18(16)32-3/h4-10,12-13,17,26H,11H2,1-3H3,(H,24,27)(H,25,28)(H3,22,23,29). The van der Waals surface area contributed by atoms with Crippen LogP contribution >= 0.6 is 0 Å². The van der Waals surface area contributed by atoms with Crippen LogP contribution in [0.3, 0.4) is 0 Å². The molecule has 0 bridgehead atoms. The summed E-state index contributed by atoms with van der Waals surface area (Å²) < 4.78 is 33.1. The van der Waals surface area contributed by atoms with Crippen LogP contribution in [0, 0.1) is 5.92 Å². The number of hydrogen-bond donors (Lipinski definition) is 5. The number of nitrogens with two attached hydrogens (primary N) is 1. The zero-order valence-corrected chi connectivity index (χ0v) is 19.2. The number of hydrazine groups is 1. The van der Waals surface area contributed by atoms with Crippen molar-refractivity contribution >= 4 is 33.6 Å². The zero-order chi connectivity index (χ0) is 24.6. The third-order valence-corrected chi connectivity index (χ3v) is 5.76. The third-order valence-electron chi connectivity index (χ3n) is 4.40. The molecule has 0 saturated heterocycles. The second kappa shape index (κ2) is 11.2. The van der Waals surface area contributed by atoms with E-state index in [4.69, 9.17) is 10.5 Å². The molecule has 0 radical (unpaired) electrons. The fourth-order valence-electron chi connectivity index (χ4n) is 2.89. The normalized spacial score (nSPS) is 11.9. The van der Waals surface area contributed by atoms with Crippen molar-refractivity contribution in [1.29, 1.82) is 0 Å². The number of carbonyl (C=O) groups is 3. The molecule has 1 unspecified atom stereocenters. The highest BCUT2D eigenvalue weighted by atomic mass is 32.2. The van der Waals surface area contributed by atoms with Gasteiger partial charge in [-0.25, -0.2) is 13.2 Å². The molecule has 6 N–H and O–H groups in total. The number of methoxy groups -OCH3 is 1. The van der Waals surface area contributed by atoms with Crippen molar-refractivity contribution in [3.8, 4) is 5.75 Å². The Labute approximate surface area is 192 Å². The van der Waals surface area contributed by atoms with E-state index in [0.717, 1.165) is 6.07 Å². The van der Waals surface area contributed by atoms with E-state index in [1.165, 1.54) is 31.4 Å². The molecule has 11 nitrogen and oxygen atoms in total. The van der Waals surface area contributed by atoms with E-state index in [0.29, 0.717) is 12.2 Å². The molecular formula is C21H27N5O6S. The highest BCUT2D eigenvalue weighted by Crippen LogP contribution is 2.26. The number of ether oxygens (including phenoxy) is 1. The first kappa shape index (κ1) is 25.5. The van der Waals surface area contributed by atoms with Crippen molar-refractivity contribution < 1.29 is 27.5 Å². The Kier molecular flexibility index (Phi) is 8.63. The predicted molar refractivity (Wildman–Crippen MR) is 122 cm³/mol. The van der Waals surface area contributed by atoms with Gasteiger partial charge in [-0.05, 0) is 42.7 Å². The topological polar surface area (TPSA) is 169 Å². The Morgan fingerprint density at radius 1 is 1.03 bits per heavy atom. The minimum atomic E-state index is -4.03. The number of nitrogens with one attached hydrogen (secondary N) is 4. The van der Waals surface area contributed by atoms with Gasteiger partial charge in [-0.15, -0.1) is 0 Å². The summed E-state index contributed by atoms with van der Waals surface area (Å²) in [5.41, 5.74) is 9.74. The van der Waals surface area contributed by atoms with Gasteiger partial charge in [0, 0.05) is 5.56 Å². The SMILES string of the molecule is COc1ccccc1NS(=O)(=O)c1cccc(C(=O)NNC(=O)C(CC(C)C)NC(N)=O)c1. The minimum absolute atomic E-state index is 0.0125. The lowest BCUT2D eigenvalue weighted by atomic mass is 10.0. The lowest BCUT2D eigenvalue weighted by molar-refractivity contribution is -0.124. The number of urea groups is 1. The summed E-state index contributed by atoms with van der Waals surface area (Å²) in [6.07, 6.45) is 0.299. The van der Waals surface area contributed by atoms with Crippen LogP contribution in [0.5, 0.6) is 5.75 Å². The van der Waals surface area contributed by atoms with Gasteiger partial charge in [0.05, 0.1) is 17.7 Å². The van der Waals surface area contributed by atoms with Gasteiger partial charge in [0.15, 0.2) is 0 Å². The van der Waals surface area contributed by atoms with E-state index in [-0.39, 0.29) is 22.1 Å². The molecule has 2 aromatic carbocycles. The molecule has 0 saturated carbocycles. The smallest absolute Gasteiger partial charge is 0.312 e. The van der Waals surface area contributed by atoms with Gasteiger partial charge < -0.3 is 15.8 Å².